The highest BCUT2D eigenvalue weighted by atomic mass is 16.6. The van der Waals surface area contributed by atoms with Gasteiger partial charge in [0.15, 0.2) is 0 Å². The summed E-state index contributed by atoms with van der Waals surface area (Å²) in [4.78, 5) is 30.2. The van der Waals surface area contributed by atoms with Crippen molar-refractivity contribution in [2.45, 2.75) is 52.2 Å². The molecule has 41 heavy (non-hydrogen) atoms. The summed E-state index contributed by atoms with van der Waals surface area (Å²) >= 11 is 0. The molecule has 1 saturated heterocycles. The van der Waals surface area contributed by atoms with Gasteiger partial charge in [0, 0.05) is 25.2 Å². The number of cyclic esters (lactones) is 1. The van der Waals surface area contributed by atoms with Crippen LogP contribution in [0.15, 0.2) is 115 Å². The van der Waals surface area contributed by atoms with E-state index in [1.807, 2.05) is 42.5 Å². The van der Waals surface area contributed by atoms with Crippen LogP contribution in [-0.2, 0) is 22.6 Å². The van der Waals surface area contributed by atoms with Crippen LogP contribution in [0.2, 0.25) is 0 Å². The lowest BCUT2D eigenvalue weighted by atomic mass is 9.74. The van der Waals surface area contributed by atoms with E-state index in [0.717, 1.165) is 29.9 Å². The number of anilines is 1. The molecule has 0 saturated carbocycles. The van der Waals surface area contributed by atoms with Crippen molar-refractivity contribution >= 4 is 17.7 Å². The molecule has 0 N–H and O–H groups in total. The molecule has 0 aliphatic carbocycles. The van der Waals surface area contributed by atoms with E-state index in [1.165, 1.54) is 16.0 Å². The Morgan fingerprint density at radius 2 is 1.39 bits per heavy atom. The molecule has 5 nitrogen and oxygen atoms in total. The Kier molecular flexibility index (Phi) is 8.53. The van der Waals surface area contributed by atoms with Gasteiger partial charge in [-0.2, -0.15) is 0 Å². The predicted octanol–water partition coefficient (Wildman–Crippen LogP) is 8.13. The van der Waals surface area contributed by atoms with Gasteiger partial charge in [0.05, 0.1) is 0 Å². The molecule has 5 heteroatoms. The fourth-order valence-corrected chi connectivity index (χ4v) is 5.60. The van der Waals surface area contributed by atoms with Crippen molar-refractivity contribution in [1.29, 1.82) is 0 Å². The van der Waals surface area contributed by atoms with E-state index in [-0.39, 0.29) is 30.3 Å². The van der Waals surface area contributed by atoms with Crippen molar-refractivity contribution in [2.24, 2.45) is 5.41 Å². The number of benzene rings is 4. The van der Waals surface area contributed by atoms with E-state index in [0.29, 0.717) is 0 Å². The number of ether oxygens (including phenoxy) is 1. The maximum absolute atomic E-state index is 13.8. The minimum absolute atomic E-state index is 0.102. The third-order valence-corrected chi connectivity index (χ3v) is 7.82. The van der Waals surface area contributed by atoms with Gasteiger partial charge >= 0.3 is 6.09 Å². The quantitative estimate of drug-likeness (QED) is 0.213. The highest BCUT2D eigenvalue weighted by molar-refractivity contribution is 5.94. The molecule has 0 spiro atoms. The standard InChI is InChI=1S/C36H38N2O3/c1-36(2,3)32(23-34(39)38-33(26-41-35(38)40)29-18-11-6-12-19-29)30-20-13-21-31(22-30)37(24-27-14-7-4-8-15-27)25-28-16-9-5-10-17-28/h4-22,32-33H,23-26H2,1-3H3. The summed E-state index contributed by atoms with van der Waals surface area (Å²) in [6.45, 7) is 8.16. The second-order valence-electron chi connectivity index (χ2n) is 11.8. The summed E-state index contributed by atoms with van der Waals surface area (Å²) in [6, 6.07) is 38.7. The van der Waals surface area contributed by atoms with Crippen molar-refractivity contribution < 1.29 is 14.3 Å². The normalized spacial score (nSPS) is 15.8. The summed E-state index contributed by atoms with van der Waals surface area (Å²) in [5.41, 5.74) is 5.33. The van der Waals surface area contributed by atoms with Crippen LogP contribution in [0.4, 0.5) is 10.5 Å². The van der Waals surface area contributed by atoms with Crippen molar-refractivity contribution in [2.75, 3.05) is 11.5 Å². The molecule has 2 amide bonds. The van der Waals surface area contributed by atoms with Crippen LogP contribution in [0.3, 0.4) is 0 Å². The van der Waals surface area contributed by atoms with Crippen molar-refractivity contribution in [1.82, 2.24) is 4.90 Å². The molecule has 0 aromatic heterocycles. The SMILES string of the molecule is CC(C)(C)C(CC(=O)N1C(=O)OCC1c1ccccc1)c1cccc(N(Cc2ccccc2)Cc2ccccc2)c1. The van der Waals surface area contributed by atoms with E-state index < -0.39 is 12.1 Å². The summed E-state index contributed by atoms with van der Waals surface area (Å²) in [5.74, 6) is -0.313. The Morgan fingerprint density at radius 1 is 0.829 bits per heavy atom. The molecule has 2 unspecified atom stereocenters. The number of imide groups is 1. The van der Waals surface area contributed by atoms with Crippen LogP contribution in [0, 0.1) is 5.41 Å². The highest BCUT2D eigenvalue weighted by Gasteiger charge is 2.41. The van der Waals surface area contributed by atoms with Gasteiger partial charge in [-0.15, -0.1) is 0 Å². The fraction of sp³-hybridized carbons (Fsp3) is 0.278. The number of rotatable bonds is 9. The molecular formula is C36H38N2O3. The molecule has 210 valence electrons. The van der Waals surface area contributed by atoms with E-state index in [1.54, 1.807) is 0 Å². The molecule has 1 fully saturated rings. The van der Waals surface area contributed by atoms with Crippen LogP contribution in [-0.4, -0.2) is 23.5 Å². The second kappa shape index (κ2) is 12.4. The lowest BCUT2D eigenvalue weighted by Crippen LogP contribution is -2.36. The van der Waals surface area contributed by atoms with E-state index in [4.69, 9.17) is 4.74 Å². The first-order valence-electron chi connectivity index (χ1n) is 14.3. The van der Waals surface area contributed by atoms with Crippen LogP contribution in [0.1, 0.15) is 61.4 Å². The van der Waals surface area contributed by atoms with Crippen molar-refractivity contribution in [3.63, 3.8) is 0 Å². The monoisotopic (exact) mass is 546 g/mol. The number of carbonyl (C=O) groups excluding carboxylic acids is 2. The number of amides is 2. The Morgan fingerprint density at radius 3 is 1.95 bits per heavy atom. The summed E-state index contributed by atoms with van der Waals surface area (Å²) in [5, 5.41) is 0. The molecule has 2 atom stereocenters. The van der Waals surface area contributed by atoms with Gasteiger partial charge < -0.3 is 9.64 Å². The van der Waals surface area contributed by atoms with Crippen molar-refractivity contribution in [3.8, 4) is 0 Å². The largest absolute Gasteiger partial charge is 0.446 e. The Bertz CT molecular complexity index is 1410. The Balaban J connectivity index is 1.43. The van der Waals surface area contributed by atoms with Crippen LogP contribution >= 0.6 is 0 Å². The molecular weight excluding hydrogens is 508 g/mol. The Labute approximate surface area is 243 Å². The van der Waals surface area contributed by atoms with E-state index in [2.05, 4.69) is 98.5 Å². The molecule has 0 bridgehead atoms. The zero-order valence-electron chi connectivity index (χ0n) is 24.1. The molecule has 4 aromatic carbocycles. The maximum Gasteiger partial charge on any atom is 0.417 e. The molecule has 0 radical (unpaired) electrons. The average Bonchev–Trinajstić information content (AvgIpc) is 3.38. The van der Waals surface area contributed by atoms with Gasteiger partial charge in [0.1, 0.15) is 12.6 Å². The van der Waals surface area contributed by atoms with Gasteiger partial charge in [-0.25, -0.2) is 9.69 Å². The molecule has 4 aromatic rings. The zero-order valence-corrected chi connectivity index (χ0v) is 24.1. The van der Waals surface area contributed by atoms with Crippen LogP contribution in [0.5, 0.6) is 0 Å². The number of hydrogen-bond acceptors (Lipinski definition) is 4. The fourth-order valence-electron chi connectivity index (χ4n) is 5.60. The molecule has 5 rings (SSSR count). The third kappa shape index (κ3) is 6.86. The maximum atomic E-state index is 13.8. The minimum atomic E-state index is -0.567. The molecule has 1 aliphatic rings. The van der Waals surface area contributed by atoms with E-state index in [9.17, 15) is 9.59 Å². The van der Waals surface area contributed by atoms with Gasteiger partial charge in [-0.3, -0.25) is 4.79 Å². The molecule has 1 heterocycles. The first kappa shape index (κ1) is 28.2. The number of carbonyl (C=O) groups is 2. The first-order chi connectivity index (χ1) is 19.8. The summed E-state index contributed by atoms with van der Waals surface area (Å²) in [7, 11) is 0. The zero-order chi connectivity index (χ0) is 28.8. The highest BCUT2D eigenvalue weighted by Crippen LogP contribution is 2.41. The lowest BCUT2D eigenvalue weighted by molar-refractivity contribution is -0.130. The smallest absolute Gasteiger partial charge is 0.417 e. The summed E-state index contributed by atoms with van der Waals surface area (Å²) in [6.07, 6.45) is -0.356. The predicted molar refractivity (Wildman–Crippen MR) is 163 cm³/mol. The van der Waals surface area contributed by atoms with Gasteiger partial charge in [-0.05, 0) is 45.7 Å². The topological polar surface area (TPSA) is 49.9 Å². The van der Waals surface area contributed by atoms with Gasteiger partial charge in [0.25, 0.3) is 0 Å². The average molecular weight is 547 g/mol. The van der Waals surface area contributed by atoms with Crippen molar-refractivity contribution in [3.05, 3.63) is 138 Å². The third-order valence-electron chi connectivity index (χ3n) is 7.82. The Hall–Kier alpha value is -4.38. The minimum Gasteiger partial charge on any atom is -0.446 e. The van der Waals surface area contributed by atoms with Crippen LogP contribution in [0.25, 0.3) is 0 Å². The van der Waals surface area contributed by atoms with Gasteiger partial charge in [-0.1, -0.05) is 124 Å². The summed E-state index contributed by atoms with van der Waals surface area (Å²) < 4.78 is 5.35. The molecule has 1 aliphatic heterocycles. The van der Waals surface area contributed by atoms with Crippen LogP contribution < -0.4 is 4.90 Å². The van der Waals surface area contributed by atoms with E-state index >= 15 is 0 Å². The van der Waals surface area contributed by atoms with Gasteiger partial charge in [0.2, 0.25) is 5.91 Å². The number of nitrogens with zero attached hydrogens (tertiary/aromatic N) is 2. The second-order valence-corrected chi connectivity index (χ2v) is 11.8. The lowest BCUT2D eigenvalue weighted by Gasteiger charge is -2.33. The number of hydrogen-bond donors (Lipinski definition) is 0. The first-order valence-corrected chi connectivity index (χ1v) is 14.3.